The van der Waals surface area contributed by atoms with Crippen molar-refractivity contribution in [2.24, 2.45) is 5.73 Å². The zero-order valence-corrected chi connectivity index (χ0v) is 13.3. The lowest BCUT2D eigenvalue weighted by Gasteiger charge is -2.48. The van der Waals surface area contributed by atoms with Crippen LogP contribution in [0.15, 0.2) is 0 Å². The SMILES string of the molecule is CC1(C)CC(NC2CCN(C(N)=O)CC2)CC(C)(C)N1. The van der Waals surface area contributed by atoms with Gasteiger partial charge in [-0.25, -0.2) is 4.79 Å². The predicted molar refractivity (Wildman–Crippen MR) is 81.6 cm³/mol. The minimum atomic E-state index is -0.285. The van der Waals surface area contributed by atoms with Gasteiger partial charge in [0.05, 0.1) is 0 Å². The Labute approximate surface area is 122 Å². The van der Waals surface area contributed by atoms with Crippen molar-refractivity contribution in [3.63, 3.8) is 0 Å². The van der Waals surface area contributed by atoms with Crippen LogP contribution in [-0.2, 0) is 0 Å². The van der Waals surface area contributed by atoms with E-state index in [0.29, 0.717) is 12.1 Å². The molecule has 0 unspecified atom stereocenters. The van der Waals surface area contributed by atoms with Crippen LogP contribution in [0.1, 0.15) is 53.4 Å². The van der Waals surface area contributed by atoms with Crippen molar-refractivity contribution in [2.45, 2.75) is 76.5 Å². The van der Waals surface area contributed by atoms with E-state index in [1.807, 2.05) is 0 Å². The number of nitrogens with one attached hydrogen (secondary N) is 2. The molecule has 0 aromatic rings. The predicted octanol–water partition coefficient (Wildman–Crippen LogP) is 1.43. The molecule has 0 aromatic carbocycles. The third kappa shape index (κ3) is 4.09. The molecule has 5 nitrogen and oxygen atoms in total. The first kappa shape index (κ1) is 15.6. The van der Waals surface area contributed by atoms with Crippen molar-refractivity contribution in [3.05, 3.63) is 0 Å². The van der Waals surface area contributed by atoms with E-state index in [0.717, 1.165) is 38.8 Å². The molecule has 0 aliphatic carbocycles. The molecule has 2 rings (SSSR count). The highest BCUT2D eigenvalue weighted by molar-refractivity contribution is 5.72. The molecule has 0 aromatic heterocycles. The Morgan fingerprint density at radius 1 is 1.10 bits per heavy atom. The van der Waals surface area contributed by atoms with Crippen LogP contribution in [0.2, 0.25) is 0 Å². The molecule has 2 aliphatic rings. The molecule has 20 heavy (non-hydrogen) atoms. The maximum Gasteiger partial charge on any atom is 0.314 e. The Morgan fingerprint density at radius 3 is 2.05 bits per heavy atom. The number of hydrogen-bond acceptors (Lipinski definition) is 3. The fraction of sp³-hybridized carbons (Fsp3) is 0.933. The topological polar surface area (TPSA) is 70.4 Å². The summed E-state index contributed by atoms with van der Waals surface area (Å²) in [6.07, 6.45) is 4.31. The lowest BCUT2D eigenvalue weighted by Crippen LogP contribution is -2.63. The summed E-state index contributed by atoms with van der Waals surface area (Å²) in [6, 6.07) is 0.777. The second kappa shape index (κ2) is 5.53. The van der Waals surface area contributed by atoms with Gasteiger partial charge in [-0.1, -0.05) is 0 Å². The molecule has 2 saturated heterocycles. The van der Waals surface area contributed by atoms with Crippen LogP contribution in [0.4, 0.5) is 4.79 Å². The van der Waals surface area contributed by atoms with Gasteiger partial charge in [0.1, 0.15) is 0 Å². The normalized spacial score (nSPS) is 27.5. The molecule has 0 spiro atoms. The van der Waals surface area contributed by atoms with E-state index in [9.17, 15) is 4.79 Å². The van der Waals surface area contributed by atoms with Crippen LogP contribution >= 0.6 is 0 Å². The highest BCUT2D eigenvalue weighted by Gasteiger charge is 2.38. The standard InChI is InChI=1S/C15H30N4O/c1-14(2)9-12(10-15(3,4)18-14)17-11-5-7-19(8-6-11)13(16)20/h11-12,17-18H,5-10H2,1-4H3,(H2,16,20). The average molecular weight is 282 g/mol. The first-order chi connectivity index (χ1) is 9.17. The number of likely N-dealkylation sites (tertiary alicyclic amines) is 1. The van der Waals surface area contributed by atoms with Crippen LogP contribution in [0.3, 0.4) is 0 Å². The number of piperidine rings is 2. The van der Waals surface area contributed by atoms with Gasteiger partial charge in [-0.05, 0) is 53.4 Å². The Kier molecular flexibility index (Phi) is 4.30. The van der Waals surface area contributed by atoms with E-state index in [4.69, 9.17) is 5.73 Å². The fourth-order valence-corrected chi connectivity index (χ4v) is 4.04. The Balaban J connectivity index is 1.86. The van der Waals surface area contributed by atoms with E-state index in [1.54, 1.807) is 4.90 Å². The molecular formula is C15H30N4O. The van der Waals surface area contributed by atoms with Gasteiger partial charge in [0.25, 0.3) is 0 Å². The molecule has 2 fully saturated rings. The van der Waals surface area contributed by atoms with E-state index < -0.39 is 0 Å². The van der Waals surface area contributed by atoms with Crippen LogP contribution in [0.5, 0.6) is 0 Å². The van der Waals surface area contributed by atoms with Crippen LogP contribution in [0.25, 0.3) is 0 Å². The minimum Gasteiger partial charge on any atom is -0.351 e. The molecule has 0 atom stereocenters. The zero-order chi connectivity index (χ0) is 15.0. The Hall–Kier alpha value is -0.810. The number of hydrogen-bond donors (Lipinski definition) is 3. The van der Waals surface area contributed by atoms with Gasteiger partial charge < -0.3 is 21.3 Å². The third-order valence-electron chi connectivity index (χ3n) is 4.47. The maximum atomic E-state index is 11.1. The molecule has 0 radical (unpaired) electrons. The molecule has 0 bridgehead atoms. The lowest BCUT2D eigenvalue weighted by atomic mass is 9.79. The summed E-state index contributed by atoms with van der Waals surface area (Å²) in [6.45, 7) is 10.7. The van der Waals surface area contributed by atoms with Crippen molar-refractivity contribution in [3.8, 4) is 0 Å². The van der Waals surface area contributed by atoms with Crippen LogP contribution < -0.4 is 16.4 Å². The number of primary amides is 1. The maximum absolute atomic E-state index is 11.1. The summed E-state index contributed by atoms with van der Waals surface area (Å²) in [5.74, 6) is 0. The minimum absolute atomic E-state index is 0.174. The summed E-state index contributed by atoms with van der Waals surface area (Å²) in [5, 5.41) is 7.52. The summed E-state index contributed by atoms with van der Waals surface area (Å²) >= 11 is 0. The number of nitrogens with two attached hydrogens (primary N) is 1. The first-order valence-corrected chi connectivity index (χ1v) is 7.77. The van der Waals surface area contributed by atoms with E-state index in [1.165, 1.54) is 0 Å². The molecular weight excluding hydrogens is 252 g/mol. The fourth-order valence-electron chi connectivity index (χ4n) is 4.04. The van der Waals surface area contributed by atoms with Gasteiger partial charge >= 0.3 is 6.03 Å². The largest absolute Gasteiger partial charge is 0.351 e. The smallest absolute Gasteiger partial charge is 0.314 e. The second-order valence-corrected chi connectivity index (χ2v) is 7.76. The number of nitrogens with zero attached hydrogens (tertiary/aromatic N) is 1. The number of urea groups is 1. The molecule has 2 heterocycles. The van der Waals surface area contributed by atoms with E-state index >= 15 is 0 Å². The molecule has 4 N–H and O–H groups in total. The van der Waals surface area contributed by atoms with Crippen molar-refractivity contribution in [1.82, 2.24) is 15.5 Å². The average Bonchev–Trinajstić information content (AvgIpc) is 2.25. The molecule has 116 valence electrons. The van der Waals surface area contributed by atoms with Gasteiger partial charge in [-0.2, -0.15) is 0 Å². The van der Waals surface area contributed by atoms with Gasteiger partial charge in [-0.3, -0.25) is 0 Å². The quantitative estimate of drug-likeness (QED) is 0.717. The third-order valence-corrected chi connectivity index (χ3v) is 4.47. The summed E-state index contributed by atoms with van der Waals surface area (Å²) in [7, 11) is 0. The van der Waals surface area contributed by atoms with Crippen LogP contribution in [-0.4, -0.2) is 47.2 Å². The monoisotopic (exact) mass is 282 g/mol. The zero-order valence-electron chi connectivity index (χ0n) is 13.3. The van der Waals surface area contributed by atoms with Crippen molar-refractivity contribution >= 4 is 6.03 Å². The summed E-state index contributed by atoms with van der Waals surface area (Å²) in [5.41, 5.74) is 5.67. The number of carbonyl (C=O) groups excluding carboxylic acids is 1. The Bertz CT molecular complexity index is 343. The number of rotatable bonds is 2. The van der Waals surface area contributed by atoms with Gasteiger partial charge in [0, 0.05) is 36.3 Å². The molecule has 0 saturated carbocycles. The molecule has 2 aliphatic heterocycles. The van der Waals surface area contributed by atoms with Gasteiger partial charge in [-0.15, -0.1) is 0 Å². The van der Waals surface area contributed by atoms with Gasteiger partial charge in [0.15, 0.2) is 0 Å². The molecule has 2 amide bonds. The van der Waals surface area contributed by atoms with E-state index in [2.05, 4.69) is 38.3 Å². The highest BCUT2D eigenvalue weighted by atomic mass is 16.2. The summed E-state index contributed by atoms with van der Waals surface area (Å²) in [4.78, 5) is 12.9. The van der Waals surface area contributed by atoms with Crippen molar-refractivity contribution in [1.29, 1.82) is 0 Å². The van der Waals surface area contributed by atoms with Crippen molar-refractivity contribution in [2.75, 3.05) is 13.1 Å². The number of amides is 2. The van der Waals surface area contributed by atoms with Crippen molar-refractivity contribution < 1.29 is 4.79 Å². The highest BCUT2D eigenvalue weighted by Crippen LogP contribution is 2.29. The first-order valence-electron chi connectivity index (χ1n) is 7.77. The van der Waals surface area contributed by atoms with Gasteiger partial charge in [0.2, 0.25) is 0 Å². The van der Waals surface area contributed by atoms with E-state index in [-0.39, 0.29) is 17.1 Å². The van der Waals surface area contributed by atoms with Crippen LogP contribution in [0, 0.1) is 0 Å². The Morgan fingerprint density at radius 2 is 1.60 bits per heavy atom. The second-order valence-electron chi connectivity index (χ2n) is 7.76. The summed E-state index contributed by atoms with van der Waals surface area (Å²) < 4.78 is 0. The molecule has 5 heteroatoms. The lowest BCUT2D eigenvalue weighted by molar-refractivity contribution is 0.127. The number of carbonyl (C=O) groups is 1.